The summed E-state index contributed by atoms with van der Waals surface area (Å²) in [6, 6.07) is 14.5. The average Bonchev–Trinajstić information content (AvgIpc) is 2.90. The lowest BCUT2D eigenvalue weighted by atomic mass is 9.75. The van der Waals surface area contributed by atoms with Gasteiger partial charge in [0.05, 0.1) is 0 Å². The van der Waals surface area contributed by atoms with Crippen LogP contribution >= 0.6 is 0 Å². The van der Waals surface area contributed by atoms with Gasteiger partial charge in [0.15, 0.2) is 0 Å². The maximum Gasteiger partial charge on any atom is 0.349 e. The third-order valence-corrected chi connectivity index (χ3v) is 7.76. The molecule has 3 aromatic carbocycles. The molecule has 0 aromatic heterocycles. The number of halogens is 4. The van der Waals surface area contributed by atoms with Crippen molar-refractivity contribution in [3.63, 3.8) is 0 Å². The first-order valence-corrected chi connectivity index (χ1v) is 13.6. The summed E-state index contributed by atoms with van der Waals surface area (Å²) in [5.41, 5.74) is 0.816. The lowest BCUT2D eigenvalue weighted by Crippen LogP contribution is -2.17. The van der Waals surface area contributed by atoms with Gasteiger partial charge in [0.1, 0.15) is 34.6 Å². The zero-order valence-electron chi connectivity index (χ0n) is 22.4. The van der Waals surface area contributed by atoms with E-state index >= 15 is 0 Å². The third kappa shape index (κ3) is 7.17. The van der Waals surface area contributed by atoms with Gasteiger partial charge < -0.3 is 4.74 Å². The van der Waals surface area contributed by atoms with Crippen molar-refractivity contribution in [3.8, 4) is 5.75 Å². The number of hydrogen-bond acceptors (Lipinski definition) is 2. The molecule has 4 rings (SSSR count). The lowest BCUT2D eigenvalue weighted by molar-refractivity contribution is 0.0723. The third-order valence-electron chi connectivity index (χ3n) is 7.76. The number of esters is 1. The Labute approximate surface area is 227 Å². The van der Waals surface area contributed by atoms with Gasteiger partial charge in [0.25, 0.3) is 0 Å². The number of allylic oxidation sites excluding steroid dienone is 2. The Morgan fingerprint density at radius 3 is 2.13 bits per heavy atom. The molecule has 0 N–H and O–H groups in total. The van der Waals surface area contributed by atoms with Gasteiger partial charge >= 0.3 is 5.97 Å². The normalized spacial score (nSPS) is 18.3. The molecule has 2 nitrogen and oxygen atoms in total. The van der Waals surface area contributed by atoms with Crippen LogP contribution < -0.4 is 4.74 Å². The van der Waals surface area contributed by atoms with E-state index in [0.717, 1.165) is 44.2 Å². The van der Waals surface area contributed by atoms with E-state index in [4.69, 9.17) is 4.74 Å². The number of carbonyl (C=O) groups is 1. The van der Waals surface area contributed by atoms with Crippen molar-refractivity contribution < 1.29 is 27.1 Å². The molecule has 6 heteroatoms. The van der Waals surface area contributed by atoms with Crippen molar-refractivity contribution in [2.75, 3.05) is 0 Å². The van der Waals surface area contributed by atoms with E-state index in [2.05, 4.69) is 19.1 Å². The molecule has 0 saturated heterocycles. The fourth-order valence-corrected chi connectivity index (χ4v) is 5.60. The molecule has 0 unspecified atom stereocenters. The van der Waals surface area contributed by atoms with E-state index in [1.165, 1.54) is 17.7 Å². The highest BCUT2D eigenvalue weighted by molar-refractivity contribution is 5.91. The van der Waals surface area contributed by atoms with Crippen molar-refractivity contribution in [2.45, 2.75) is 70.6 Å². The highest BCUT2D eigenvalue weighted by Crippen LogP contribution is 2.40. The molecule has 1 aliphatic carbocycles. The quantitative estimate of drug-likeness (QED) is 0.117. The van der Waals surface area contributed by atoms with Gasteiger partial charge in [-0.05, 0) is 92.9 Å². The van der Waals surface area contributed by atoms with Crippen molar-refractivity contribution in [1.29, 1.82) is 0 Å². The summed E-state index contributed by atoms with van der Waals surface area (Å²) in [6.07, 6.45) is 8.77. The highest BCUT2D eigenvalue weighted by Gasteiger charge is 2.28. The van der Waals surface area contributed by atoms with Crippen LogP contribution in [0.4, 0.5) is 17.6 Å². The lowest BCUT2D eigenvalue weighted by Gasteiger charge is -2.30. The molecule has 206 valence electrons. The minimum absolute atomic E-state index is 0.000594. The van der Waals surface area contributed by atoms with Crippen LogP contribution in [0.3, 0.4) is 0 Å². The van der Waals surface area contributed by atoms with Gasteiger partial charge in [-0.2, -0.15) is 0 Å². The van der Waals surface area contributed by atoms with Crippen molar-refractivity contribution >= 4 is 5.97 Å². The van der Waals surface area contributed by atoms with Gasteiger partial charge in [0.2, 0.25) is 0 Å². The highest BCUT2D eigenvalue weighted by atomic mass is 19.1. The second-order valence-corrected chi connectivity index (χ2v) is 10.5. The van der Waals surface area contributed by atoms with E-state index in [9.17, 15) is 22.4 Å². The molecule has 3 aromatic rings. The number of hydrogen-bond donors (Lipinski definition) is 0. The molecule has 0 spiro atoms. The summed E-state index contributed by atoms with van der Waals surface area (Å²) < 4.78 is 63.7. The zero-order valence-corrected chi connectivity index (χ0v) is 22.4. The fourth-order valence-electron chi connectivity index (χ4n) is 5.60. The van der Waals surface area contributed by atoms with E-state index < -0.39 is 40.6 Å². The molecular weight excluding hydrogens is 504 g/mol. The van der Waals surface area contributed by atoms with Crippen LogP contribution in [0.15, 0.2) is 66.7 Å². The maximum atomic E-state index is 15.0. The summed E-state index contributed by atoms with van der Waals surface area (Å²) in [7, 11) is 0. The Morgan fingerprint density at radius 1 is 0.923 bits per heavy atom. The SMILES string of the molecule is C/C=C/CCc1c(F)cc(OC(=O)c2c(F)cc(C3CCC(C[C@@H](C)c4ccccc4)CC3)cc2F)cc1F. The largest absolute Gasteiger partial charge is 0.423 e. The molecule has 1 aliphatic rings. The Bertz CT molecular complexity index is 1260. The second-order valence-electron chi connectivity index (χ2n) is 10.5. The van der Waals surface area contributed by atoms with Crippen LogP contribution in [0.1, 0.15) is 91.3 Å². The Kier molecular flexibility index (Phi) is 9.60. The van der Waals surface area contributed by atoms with Gasteiger partial charge in [-0.3, -0.25) is 0 Å². The van der Waals surface area contributed by atoms with Crippen LogP contribution in [0.2, 0.25) is 0 Å². The molecule has 0 heterocycles. The summed E-state index contributed by atoms with van der Waals surface area (Å²) in [5, 5.41) is 0. The van der Waals surface area contributed by atoms with E-state index in [0.29, 0.717) is 23.8 Å². The smallest absolute Gasteiger partial charge is 0.349 e. The van der Waals surface area contributed by atoms with Gasteiger partial charge in [-0.25, -0.2) is 22.4 Å². The van der Waals surface area contributed by atoms with Gasteiger partial charge in [-0.15, -0.1) is 0 Å². The molecule has 1 saturated carbocycles. The zero-order chi connectivity index (χ0) is 27.9. The summed E-state index contributed by atoms with van der Waals surface area (Å²) >= 11 is 0. The second kappa shape index (κ2) is 13.1. The van der Waals surface area contributed by atoms with Crippen LogP contribution in [0.5, 0.6) is 5.75 Å². The van der Waals surface area contributed by atoms with Crippen molar-refractivity contribution in [1.82, 2.24) is 0 Å². The van der Waals surface area contributed by atoms with Crippen LogP contribution in [-0.2, 0) is 6.42 Å². The molecule has 0 aliphatic heterocycles. The molecule has 39 heavy (non-hydrogen) atoms. The first kappa shape index (κ1) is 28.6. The van der Waals surface area contributed by atoms with Crippen molar-refractivity contribution in [3.05, 3.63) is 112 Å². The summed E-state index contributed by atoms with van der Waals surface area (Å²) in [6.45, 7) is 4.03. The first-order valence-electron chi connectivity index (χ1n) is 13.6. The molecule has 1 fully saturated rings. The monoisotopic (exact) mass is 538 g/mol. The van der Waals surface area contributed by atoms with Crippen LogP contribution in [0, 0.1) is 29.2 Å². The Hall–Kier alpha value is -3.41. The number of benzene rings is 3. The topological polar surface area (TPSA) is 26.3 Å². The van der Waals surface area contributed by atoms with Crippen LogP contribution in [0.25, 0.3) is 0 Å². The molecule has 0 amide bonds. The Morgan fingerprint density at radius 2 is 1.54 bits per heavy atom. The van der Waals surface area contributed by atoms with E-state index in [1.54, 1.807) is 19.1 Å². The predicted octanol–water partition coefficient (Wildman–Crippen LogP) is 9.44. The summed E-state index contributed by atoms with van der Waals surface area (Å²) in [5.74, 6) is -4.64. The van der Waals surface area contributed by atoms with Crippen LogP contribution in [-0.4, -0.2) is 5.97 Å². The van der Waals surface area contributed by atoms with E-state index in [-0.39, 0.29) is 17.9 Å². The molecule has 1 atom stereocenters. The maximum absolute atomic E-state index is 15.0. The standard InChI is InChI=1S/C33H34F4O2/c1-3-4-6-11-27-28(34)19-26(20-29(27)35)39-33(38)32-30(36)17-25(18-31(32)37)24-14-12-22(13-15-24)16-21(2)23-9-7-5-8-10-23/h3-5,7-10,17-22,24H,6,11-16H2,1-2H3/b4-3+/t21-,22?,24?/m1/s1. The summed E-state index contributed by atoms with van der Waals surface area (Å²) in [4.78, 5) is 12.6. The van der Waals surface area contributed by atoms with E-state index in [1.807, 2.05) is 18.2 Å². The molecular formula is C33H34F4O2. The minimum atomic E-state index is -1.34. The van der Waals surface area contributed by atoms with Crippen molar-refractivity contribution in [2.24, 2.45) is 5.92 Å². The predicted molar refractivity (Wildman–Crippen MR) is 145 cm³/mol. The molecule has 0 radical (unpaired) electrons. The number of rotatable bonds is 9. The van der Waals surface area contributed by atoms with Gasteiger partial charge in [-0.1, -0.05) is 49.4 Å². The molecule has 0 bridgehead atoms. The average molecular weight is 539 g/mol. The first-order chi connectivity index (χ1) is 18.8. The minimum Gasteiger partial charge on any atom is -0.423 e. The Balaban J connectivity index is 1.39. The number of ether oxygens (including phenoxy) is 1. The fraction of sp³-hybridized carbons (Fsp3) is 0.364. The van der Waals surface area contributed by atoms with Gasteiger partial charge in [0, 0.05) is 17.7 Å². The number of carbonyl (C=O) groups excluding carboxylic acids is 1.